The van der Waals surface area contributed by atoms with Crippen LogP contribution in [0.4, 0.5) is 0 Å². The van der Waals surface area contributed by atoms with Gasteiger partial charge in [-0.15, -0.1) is 0 Å². The Balaban J connectivity index is 2.46. The third-order valence-corrected chi connectivity index (χ3v) is 2.28. The maximum absolute atomic E-state index is 10.6. The molecule has 0 aromatic carbocycles. The molecule has 2 heteroatoms. The molecule has 14 heavy (non-hydrogen) atoms. The second-order valence-electron chi connectivity index (χ2n) is 3.48. The first kappa shape index (κ1) is 10.8. The van der Waals surface area contributed by atoms with E-state index in [-0.39, 0.29) is 5.91 Å². The summed E-state index contributed by atoms with van der Waals surface area (Å²) in [7, 11) is 0. The summed E-state index contributed by atoms with van der Waals surface area (Å²) in [5.74, 6) is 0.0200. The van der Waals surface area contributed by atoms with Gasteiger partial charge < -0.3 is 5.32 Å². The predicted molar refractivity (Wildman–Crippen MR) is 58.9 cm³/mol. The highest BCUT2D eigenvalue weighted by Gasteiger charge is 2.00. The van der Waals surface area contributed by atoms with Gasteiger partial charge in [0.15, 0.2) is 0 Å². The molecule has 0 aromatic heterocycles. The number of rotatable bonds is 3. The molecule has 76 valence electrons. The van der Waals surface area contributed by atoms with Crippen molar-refractivity contribution in [2.24, 2.45) is 0 Å². The van der Waals surface area contributed by atoms with E-state index in [0.29, 0.717) is 6.54 Å². The molecule has 1 aliphatic carbocycles. The summed E-state index contributed by atoms with van der Waals surface area (Å²) in [6, 6.07) is 0. The average molecular weight is 191 g/mol. The Morgan fingerprint density at radius 2 is 2.36 bits per heavy atom. The fourth-order valence-corrected chi connectivity index (χ4v) is 1.41. The molecule has 0 unspecified atom stereocenters. The van der Waals surface area contributed by atoms with Crippen molar-refractivity contribution in [1.82, 2.24) is 5.32 Å². The highest BCUT2D eigenvalue weighted by atomic mass is 16.1. The van der Waals surface area contributed by atoms with Crippen molar-refractivity contribution in [3.63, 3.8) is 0 Å². The lowest BCUT2D eigenvalue weighted by Crippen LogP contribution is -2.19. The highest BCUT2D eigenvalue weighted by molar-refractivity contribution is 5.72. The van der Waals surface area contributed by atoms with Crippen LogP contribution in [0.3, 0.4) is 0 Å². The largest absolute Gasteiger partial charge is 0.353 e. The van der Waals surface area contributed by atoms with Gasteiger partial charge in [-0.3, -0.25) is 4.79 Å². The first-order chi connectivity index (χ1) is 6.70. The van der Waals surface area contributed by atoms with E-state index in [0.717, 1.165) is 12.8 Å². The van der Waals surface area contributed by atoms with Gasteiger partial charge in [0.25, 0.3) is 0 Å². The van der Waals surface area contributed by atoms with Crippen LogP contribution in [0.25, 0.3) is 0 Å². The molecular formula is C12H17NO. The zero-order valence-corrected chi connectivity index (χ0v) is 8.84. The van der Waals surface area contributed by atoms with E-state index >= 15 is 0 Å². The summed E-state index contributed by atoms with van der Waals surface area (Å²) in [6.45, 7) is 4.25. The third-order valence-electron chi connectivity index (χ3n) is 2.28. The van der Waals surface area contributed by atoms with Gasteiger partial charge in [-0.25, -0.2) is 0 Å². The molecule has 0 spiro atoms. The first-order valence-electron chi connectivity index (χ1n) is 4.97. The Hall–Kier alpha value is -1.31. The van der Waals surface area contributed by atoms with Gasteiger partial charge >= 0.3 is 0 Å². The summed E-state index contributed by atoms with van der Waals surface area (Å²) in [6.07, 6.45) is 10.7. The molecule has 2 nitrogen and oxygen atoms in total. The first-order valence-corrected chi connectivity index (χ1v) is 4.97. The molecule has 0 aliphatic heterocycles. The second kappa shape index (κ2) is 5.43. The number of nitrogens with one attached hydrogen (secondary N) is 1. The van der Waals surface area contributed by atoms with Crippen LogP contribution in [0.1, 0.15) is 26.7 Å². The van der Waals surface area contributed by atoms with E-state index < -0.39 is 0 Å². The maximum atomic E-state index is 10.6. The lowest BCUT2D eigenvalue weighted by molar-refractivity contribution is -0.118. The van der Waals surface area contributed by atoms with E-state index in [1.807, 2.05) is 0 Å². The molecule has 0 radical (unpaired) electrons. The smallest absolute Gasteiger partial charge is 0.217 e. The molecule has 1 amide bonds. The number of carbonyl (C=O) groups is 1. The van der Waals surface area contributed by atoms with Gasteiger partial charge in [-0.2, -0.15) is 0 Å². The molecule has 0 saturated heterocycles. The van der Waals surface area contributed by atoms with Crippen LogP contribution in [-0.2, 0) is 4.79 Å². The normalized spacial score (nSPS) is 16.4. The van der Waals surface area contributed by atoms with Crippen molar-refractivity contribution in [3.05, 3.63) is 35.5 Å². The molecule has 0 aromatic rings. The summed E-state index contributed by atoms with van der Waals surface area (Å²) in [4.78, 5) is 10.6. The van der Waals surface area contributed by atoms with Crippen LogP contribution in [0.15, 0.2) is 35.5 Å². The summed E-state index contributed by atoms with van der Waals surface area (Å²) >= 11 is 0. The number of allylic oxidation sites excluding steroid dienone is 5. The fraction of sp³-hybridized carbons (Fsp3) is 0.417. The molecule has 0 fully saturated rings. The van der Waals surface area contributed by atoms with Crippen LogP contribution in [0.2, 0.25) is 0 Å². The Kier molecular flexibility index (Phi) is 4.17. The average Bonchev–Trinajstić information content (AvgIpc) is 2.18. The zero-order valence-electron chi connectivity index (χ0n) is 8.84. The number of carbonyl (C=O) groups excluding carboxylic acids is 1. The Morgan fingerprint density at radius 3 is 2.93 bits per heavy atom. The van der Waals surface area contributed by atoms with Crippen LogP contribution >= 0.6 is 0 Å². The molecule has 0 atom stereocenters. The minimum absolute atomic E-state index is 0.0200. The molecule has 0 saturated carbocycles. The SMILES string of the molecule is CC(=O)NC/C=C(/C)C1=CC=CCC1. The zero-order chi connectivity index (χ0) is 10.4. The third kappa shape index (κ3) is 3.60. The van der Waals surface area contributed by atoms with E-state index in [1.54, 1.807) is 0 Å². The van der Waals surface area contributed by atoms with Crippen molar-refractivity contribution >= 4 is 5.91 Å². The van der Waals surface area contributed by atoms with Gasteiger partial charge in [-0.05, 0) is 25.3 Å². The lowest BCUT2D eigenvalue weighted by Gasteiger charge is -2.09. The summed E-state index contributed by atoms with van der Waals surface area (Å²) in [5, 5.41) is 2.75. The number of amides is 1. The topological polar surface area (TPSA) is 29.1 Å². The number of hydrogen-bond donors (Lipinski definition) is 1. The van der Waals surface area contributed by atoms with Gasteiger partial charge in [0.05, 0.1) is 0 Å². The van der Waals surface area contributed by atoms with Crippen molar-refractivity contribution < 1.29 is 4.79 Å². The summed E-state index contributed by atoms with van der Waals surface area (Å²) < 4.78 is 0. The van der Waals surface area contributed by atoms with Crippen molar-refractivity contribution in [1.29, 1.82) is 0 Å². The molecule has 1 rings (SSSR count). The van der Waals surface area contributed by atoms with Gasteiger partial charge in [0.1, 0.15) is 0 Å². The monoisotopic (exact) mass is 191 g/mol. The minimum atomic E-state index is 0.0200. The minimum Gasteiger partial charge on any atom is -0.353 e. The second-order valence-corrected chi connectivity index (χ2v) is 3.48. The fourth-order valence-electron chi connectivity index (χ4n) is 1.41. The van der Waals surface area contributed by atoms with Gasteiger partial charge in [0, 0.05) is 13.5 Å². The Morgan fingerprint density at radius 1 is 1.57 bits per heavy atom. The van der Waals surface area contributed by atoms with E-state index in [2.05, 4.69) is 36.5 Å². The molecule has 0 bridgehead atoms. The van der Waals surface area contributed by atoms with Crippen molar-refractivity contribution in [2.45, 2.75) is 26.7 Å². The van der Waals surface area contributed by atoms with Crippen LogP contribution in [-0.4, -0.2) is 12.5 Å². The van der Waals surface area contributed by atoms with Crippen LogP contribution in [0, 0.1) is 0 Å². The number of hydrogen-bond acceptors (Lipinski definition) is 1. The lowest BCUT2D eigenvalue weighted by atomic mass is 9.98. The standard InChI is InChI=1S/C12H17NO/c1-10(8-9-13-11(2)14)12-6-4-3-5-7-12/h3-4,6,8H,5,7,9H2,1-2H3,(H,13,14)/b10-8-. The highest BCUT2D eigenvalue weighted by Crippen LogP contribution is 2.19. The van der Waals surface area contributed by atoms with Gasteiger partial charge in [-0.1, -0.05) is 29.9 Å². The van der Waals surface area contributed by atoms with E-state index in [9.17, 15) is 4.79 Å². The predicted octanol–water partition coefficient (Wildman–Crippen LogP) is 2.35. The molecule has 1 aliphatic rings. The Labute approximate surface area is 85.4 Å². The molecular weight excluding hydrogens is 174 g/mol. The van der Waals surface area contributed by atoms with Crippen LogP contribution in [0.5, 0.6) is 0 Å². The van der Waals surface area contributed by atoms with Crippen molar-refractivity contribution in [2.75, 3.05) is 6.54 Å². The summed E-state index contributed by atoms with van der Waals surface area (Å²) in [5.41, 5.74) is 2.64. The molecule has 1 N–H and O–H groups in total. The van der Waals surface area contributed by atoms with Crippen molar-refractivity contribution in [3.8, 4) is 0 Å². The van der Waals surface area contributed by atoms with Crippen LogP contribution < -0.4 is 5.32 Å². The Bertz CT molecular complexity index is 297. The quantitative estimate of drug-likeness (QED) is 0.729. The molecule has 0 heterocycles. The van der Waals surface area contributed by atoms with Gasteiger partial charge in [0.2, 0.25) is 5.91 Å². The van der Waals surface area contributed by atoms with E-state index in [1.165, 1.54) is 18.1 Å². The van der Waals surface area contributed by atoms with E-state index in [4.69, 9.17) is 0 Å². The maximum Gasteiger partial charge on any atom is 0.217 e.